The average molecular weight is 476 g/mol. The first-order chi connectivity index (χ1) is 15.3. The lowest BCUT2D eigenvalue weighted by molar-refractivity contribution is -0.116. The second-order valence-corrected chi connectivity index (χ2v) is 8.40. The molecular weight excluding hydrogens is 457 g/mol. The van der Waals surface area contributed by atoms with E-state index in [1.165, 1.54) is 10.9 Å². The molecule has 10 nitrogen and oxygen atoms in total. The molecule has 0 unspecified atom stereocenters. The first-order valence-electron chi connectivity index (χ1n) is 9.71. The van der Waals surface area contributed by atoms with E-state index in [1.807, 2.05) is 0 Å². The van der Waals surface area contributed by atoms with Gasteiger partial charge in [-0.05, 0) is 38.0 Å². The molecule has 1 aliphatic carbocycles. The number of rotatable bonds is 6. The van der Waals surface area contributed by atoms with Crippen molar-refractivity contribution < 1.29 is 14.3 Å². The Morgan fingerprint density at radius 2 is 2.00 bits per heavy atom. The molecule has 0 aromatic carbocycles. The zero-order chi connectivity index (χ0) is 22.9. The molecule has 0 bridgehead atoms. The fourth-order valence-electron chi connectivity index (χ4n) is 2.91. The van der Waals surface area contributed by atoms with Gasteiger partial charge in [0, 0.05) is 18.8 Å². The molecule has 3 heterocycles. The molecule has 12 heteroatoms. The number of anilines is 2. The van der Waals surface area contributed by atoms with Crippen LogP contribution in [0, 0.1) is 0 Å². The number of ether oxygens (including phenoxy) is 1. The van der Waals surface area contributed by atoms with Crippen LogP contribution in [0.1, 0.15) is 31.4 Å². The molecule has 2 amide bonds. The van der Waals surface area contributed by atoms with Gasteiger partial charge in [0.15, 0.2) is 11.5 Å². The summed E-state index contributed by atoms with van der Waals surface area (Å²) in [4.78, 5) is 32.0. The topological polar surface area (TPSA) is 124 Å². The zero-order valence-electron chi connectivity index (χ0n) is 17.2. The van der Waals surface area contributed by atoms with E-state index in [2.05, 4.69) is 30.9 Å². The Balaban J connectivity index is 1.45. The number of carbonyl (C=O) groups is 2. The monoisotopic (exact) mass is 475 g/mol. The largest absolute Gasteiger partial charge is 0.441 e. The maximum atomic E-state index is 12.5. The van der Waals surface area contributed by atoms with E-state index in [-0.39, 0.29) is 11.1 Å². The number of carbonyl (C=O) groups excluding carboxylic acids is 2. The molecule has 166 valence electrons. The van der Waals surface area contributed by atoms with E-state index < -0.39 is 17.1 Å². The van der Waals surface area contributed by atoms with Crippen LogP contribution in [0.3, 0.4) is 0 Å². The van der Waals surface area contributed by atoms with E-state index >= 15 is 0 Å². The summed E-state index contributed by atoms with van der Waals surface area (Å²) in [5.74, 6) is 0.0441. The van der Waals surface area contributed by atoms with Crippen LogP contribution in [0.25, 0.3) is 11.4 Å². The number of nitrogens with one attached hydrogen (secondary N) is 2. The lowest BCUT2D eigenvalue weighted by Crippen LogP contribution is -2.24. The molecule has 2 N–H and O–H groups in total. The van der Waals surface area contributed by atoms with Crippen LogP contribution in [0.5, 0.6) is 0 Å². The third-order valence-corrected chi connectivity index (χ3v) is 5.78. The average Bonchev–Trinajstić information content (AvgIpc) is 3.43. The number of aromatic nitrogens is 5. The van der Waals surface area contributed by atoms with Gasteiger partial charge in [-0.3, -0.25) is 15.1 Å². The molecular formula is C20H19Cl2N7O3. The summed E-state index contributed by atoms with van der Waals surface area (Å²) in [6, 6.07) is 6.76. The Kier molecular flexibility index (Phi) is 5.98. The van der Waals surface area contributed by atoms with Crippen molar-refractivity contribution in [1.29, 1.82) is 0 Å². The van der Waals surface area contributed by atoms with Crippen molar-refractivity contribution in [2.24, 2.45) is 7.05 Å². The number of halogens is 2. The number of pyridine rings is 2. The zero-order valence-corrected chi connectivity index (χ0v) is 18.7. The van der Waals surface area contributed by atoms with E-state index in [0.29, 0.717) is 41.3 Å². The number of nitrogens with zero attached hydrogens (tertiary/aromatic N) is 5. The van der Waals surface area contributed by atoms with Crippen LogP contribution in [0.2, 0.25) is 5.15 Å². The van der Waals surface area contributed by atoms with E-state index in [4.69, 9.17) is 27.9 Å². The molecule has 0 saturated heterocycles. The van der Waals surface area contributed by atoms with Crippen molar-refractivity contribution in [3.05, 3.63) is 47.4 Å². The minimum Gasteiger partial charge on any atom is -0.441 e. The van der Waals surface area contributed by atoms with Crippen molar-refractivity contribution in [3.63, 3.8) is 0 Å². The predicted molar refractivity (Wildman–Crippen MR) is 118 cm³/mol. The second-order valence-electron chi connectivity index (χ2n) is 7.32. The van der Waals surface area contributed by atoms with Crippen LogP contribution in [-0.4, -0.2) is 41.8 Å². The summed E-state index contributed by atoms with van der Waals surface area (Å²) in [6.07, 6.45) is 3.00. The Morgan fingerprint density at radius 3 is 2.66 bits per heavy atom. The van der Waals surface area contributed by atoms with Crippen molar-refractivity contribution >= 4 is 46.7 Å². The Labute approximate surface area is 193 Å². The molecule has 3 aromatic rings. The summed E-state index contributed by atoms with van der Waals surface area (Å²) < 4.78 is 6.80. The van der Waals surface area contributed by atoms with Gasteiger partial charge in [0.25, 0.3) is 0 Å². The highest BCUT2D eigenvalue weighted by atomic mass is 35.5. The standard InChI is InChI=1S/C20H19Cl2N7O3/c1-11(13-4-3-9-23-16(13)21)32-19(31)26-17-15(27-28-29(17)2)14-6-5-12(10-24-14)25-18(30)20(22)7-8-20/h3-6,9-11H,7-8H2,1-2H3,(H,25,30)(H,26,31)/t11-/m1/s1. The first kappa shape index (κ1) is 22.0. The maximum Gasteiger partial charge on any atom is 0.413 e. The molecule has 1 fully saturated rings. The third-order valence-electron chi connectivity index (χ3n) is 4.92. The third kappa shape index (κ3) is 4.66. The molecule has 0 spiro atoms. The number of aryl methyl sites for hydroxylation is 1. The van der Waals surface area contributed by atoms with Crippen molar-refractivity contribution in [1.82, 2.24) is 25.0 Å². The van der Waals surface area contributed by atoms with Gasteiger partial charge in [0.2, 0.25) is 5.91 Å². The van der Waals surface area contributed by atoms with Crippen LogP contribution in [-0.2, 0) is 16.6 Å². The highest BCUT2D eigenvalue weighted by molar-refractivity contribution is 6.38. The molecule has 1 atom stereocenters. The summed E-state index contributed by atoms with van der Waals surface area (Å²) in [7, 11) is 1.62. The summed E-state index contributed by atoms with van der Waals surface area (Å²) >= 11 is 12.2. The van der Waals surface area contributed by atoms with Gasteiger partial charge >= 0.3 is 6.09 Å². The number of amides is 2. The Hall–Kier alpha value is -3.24. The SMILES string of the molecule is C[C@@H](OC(=O)Nc1c(-c2ccc(NC(=O)C3(Cl)CC3)cn2)nnn1C)c1cccnc1Cl. The van der Waals surface area contributed by atoms with Gasteiger partial charge in [-0.25, -0.2) is 14.5 Å². The molecule has 32 heavy (non-hydrogen) atoms. The van der Waals surface area contributed by atoms with Gasteiger partial charge in [-0.2, -0.15) is 0 Å². The van der Waals surface area contributed by atoms with Crippen molar-refractivity contribution in [2.75, 3.05) is 10.6 Å². The molecule has 3 aromatic heterocycles. The Bertz CT molecular complexity index is 1160. The summed E-state index contributed by atoms with van der Waals surface area (Å²) in [5, 5.41) is 13.7. The summed E-state index contributed by atoms with van der Waals surface area (Å²) in [6.45, 7) is 1.69. The highest BCUT2D eigenvalue weighted by Crippen LogP contribution is 2.43. The van der Waals surface area contributed by atoms with Crippen LogP contribution in [0.15, 0.2) is 36.7 Å². The van der Waals surface area contributed by atoms with Crippen molar-refractivity contribution in [3.8, 4) is 11.4 Å². The maximum absolute atomic E-state index is 12.5. The quantitative estimate of drug-likeness (QED) is 0.408. The van der Waals surface area contributed by atoms with Crippen molar-refractivity contribution in [2.45, 2.75) is 30.7 Å². The number of alkyl halides is 1. The minimum atomic E-state index is -0.807. The van der Waals surface area contributed by atoms with Gasteiger partial charge in [0.1, 0.15) is 16.1 Å². The molecule has 1 saturated carbocycles. The normalized spacial score (nSPS) is 15.0. The van der Waals surface area contributed by atoms with Crippen LogP contribution >= 0.6 is 23.2 Å². The smallest absolute Gasteiger partial charge is 0.413 e. The lowest BCUT2D eigenvalue weighted by Gasteiger charge is -2.15. The molecule has 4 rings (SSSR count). The van der Waals surface area contributed by atoms with Gasteiger partial charge in [-0.1, -0.05) is 22.9 Å². The highest BCUT2D eigenvalue weighted by Gasteiger charge is 2.48. The van der Waals surface area contributed by atoms with Crippen LogP contribution in [0.4, 0.5) is 16.3 Å². The summed E-state index contributed by atoms with van der Waals surface area (Å²) in [5.41, 5.74) is 1.87. The first-order valence-corrected chi connectivity index (χ1v) is 10.5. The van der Waals surface area contributed by atoms with E-state index in [1.54, 1.807) is 44.4 Å². The van der Waals surface area contributed by atoms with E-state index in [0.717, 1.165) is 0 Å². The number of hydrogen-bond donors (Lipinski definition) is 2. The minimum absolute atomic E-state index is 0.249. The fourth-order valence-corrected chi connectivity index (χ4v) is 3.32. The predicted octanol–water partition coefficient (Wildman–Crippen LogP) is 3.95. The Morgan fingerprint density at radius 1 is 1.22 bits per heavy atom. The van der Waals surface area contributed by atoms with E-state index in [9.17, 15) is 9.59 Å². The fraction of sp³-hybridized carbons (Fsp3) is 0.300. The molecule has 0 radical (unpaired) electrons. The van der Waals surface area contributed by atoms with Gasteiger partial charge in [-0.15, -0.1) is 16.7 Å². The molecule has 0 aliphatic heterocycles. The molecule has 1 aliphatic rings. The lowest BCUT2D eigenvalue weighted by atomic mass is 10.2. The van der Waals surface area contributed by atoms with Gasteiger partial charge in [0.05, 0.1) is 17.6 Å². The van der Waals surface area contributed by atoms with Gasteiger partial charge < -0.3 is 10.1 Å². The number of hydrogen-bond acceptors (Lipinski definition) is 7. The second kappa shape index (κ2) is 8.71. The van der Waals surface area contributed by atoms with Crippen LogP contribution < -0.4 is 10.6 Å².